The van der Waals surface area contributed by atoms with Gasteiger partial charge in [0.2, 0.25) is 5.89 Å². The molecule has 1 aliphatic rings. The average Bonchev–Trinajstić information content (AvgIpc) is 3.02. The van der Waals surface area contributed by atoms with Gasteiger partial charge in [0.1, 0.15) is 11.1 Å². The topological polar surface area (TPSA) is 72.3 Å². The first kappa shape index (κ1) is 17.0. The van der Waals surface area contributed by atoms with E-state index in [0.717, 1.165) is 47.9 Å². The van der Waals surface area contributed by atoms with Crippen LogP contribution in [0.2, 0.25) is 0 Å². The number of hydrogen-bond acceptors (Lipinski definition) is 4. The van der Waals surface area contributed by atoms with Crippen LogP contribution in [0, 0.1) is 0 Å². The van der Waals surface area contributed by atoms with E-state index in [1.165, 1.54) is 0 Å². The molecule has 3 N–H and O–H groups in total. The van der Waals surface area contributed by atoms with Crippen LogP contribution in [0.5, 0.6) is 0 Å². The summed E-state index contributed by atoms with van der Waals surface area (Å²) in [5.41, 5.74) is 8.65. The lowest BCUT2D eigenvalue weighted by molar-refractivity contribution is -0.0193. The van der Waals surface area contributed by atoms with Gasteiger partial charge in [-0.3, -0.25) is 0 Å². The molecular weight excluding hydrogens is 324 g/mol. The van der Waals surface area contributed by atoms with Gasteiger partial charge in [-0.1, -0.05) is 37.1 Å². The van der Waals surface area contributed by atoms with Crippen molar-refractivity contribution in [1.82, 2.24) is 4.98 Å². The highest BCUT2D eigenvalue weighted by atomic mass is 35.5. The Morgan fingerprint density at radius 1 is 1.08 bits per heavy atom. The molecule has 2 atom stereocenters. The minimum absolute atomic E-state index is 0. The van der Waals surface area contributed by atoms with Crippen LogP contribution in [-0.2, 0) is 5.60 Å². The number of benzene rings is 2. The molecule has 126 valence electrons. The zero-order valence-corrected chi connectivity index (χ0v) is 14.1. The molecule has 5 heteroatoms. The molecule has 1 saturated carbocycles. The molecule has 1 aromatic heterocycles. The molecule has 0 radical (unpaired) electrons. The molecule has 2 unspecified atom stereocenters. The summed E-state index contributed by atoms with van der Waals surface area (Å²) in [6.45, 7) is 0. The van der Waals surface area contributed by atoms with Crippen LogP contribution in [-0.4, -0.2) is 16.1 Å². The first-order chi connectivity index (χ1) is 11.2. The highest BCUT2D eigenvalue weighted by Crippen LogP contribution is 2.37. The number of fused-ring (bicyclic) bond motifs is 1. The third-order valence-electron chi connectivity index (χ3n) is 4.86. The van der Waals surface area contributed by atoms with Gasteiger partial charge >= 0.3 is 0 Å². The fourth-order valence-corrected chi connectivity index (χ4v) is 3.44. The van der Waals surface area contributed by atoms with E-state index in [1.807, 2.05) is 48.5 Å². The van der Waals surface area contributed by atoms with Crippen molar-refractivity contribution in [3.63, 3.8) is 0 Å². The van der Waals surface area contributed by atoms with Crippen LogP contribution < -0.4 is 5.73 Å². The number of nitrogens with zero attached hydrogens (tertiary/aromatic N) is 1. The van der Waals surface area contributed by atoms with Gasteiger partial charge in [-0.15, -0.1) is 12.4 Å². The van der Waals surface area contributed by atoms with Gasteiger partial charge in [0.25, 0.3) is 0 Å². The fourth-order valence-electron chi connectivity index (χ4n) is 3.44. The quantitative estimate of drug-likeness (QED) is 0.736. The molecule has 3 aromatic rings. The van der Waals surface area contributed by atoms with Crippen molar-refractivity contribution < 1.29 is 9.52 Å². The fraction of sp³-hybridized carbons (Fsp3) is 0.316. The molecule has 1 aliphatic carbocycles. The van der Waals surface area contributed by atoms with Gasteiger partial charge in [-0.2, -0.15) is 0 Å². The summed E-state index contributed by atoms with van der Waals surface area (Å²) in [7, 11) is 0. The number of halogens is 1. The lowest BCUT2D eigenvalue weighted by Crippen LogP contribution is -2.47. The van der Waals surface area contributed by atoms with Crippen molar-refractivity contribution in [2.45, 2.75) is 37.3 Å². The number of oxazole rings is 1. The Labute approximate surface area is 147 Å². The summed E-state index contributed by atoms with van der Waals surface area (Å²) in [4.78, 5) is 4.50. The van der Waals surface area contributed by atoms with E-state index >= 15 is 0 Å². The second kappa shape index (κ2) is 6.55. The second-order valence-electron chi connectivity index (χ2n) is 6.34. The Kier molecular flexibility index (Phi) is 4.63. The van der Waals surface area contributed by atoms with Crippen LogP contribution in [0.15, 0.2) is 52.9 Å². The van der Waals surface area contributed by atoms with E-state index in [2.05, 4.69) is 4.98 Å². The summed E-state index contributed by atoms with van der Waals surface area (Å²) >= 11 is 0. The van der Waals surface area contributed by atoms with Crippen molar-refractivity contribution in [3.8, 4) is 11.5 Å². The second-order valence-corrected chi connectivity index (χ2v) is 6.34. The van der Waals surface area contributed by atoms with Gasteiger partial charge in [-0.05, 0) is 42.7 Å². The van der Waals surface area contributed by atoms with Crippen molar-refractivity contribution in [2.24, 2.45) is 5.73 Å². The Morgan fingerprint density at radius 2 is 1.83 bits per heavy atom. The summed E-state index contributed by atoms with van der Waals surface area (Å²) < 4.78 is 5.79. The van der Waals surface area contributed by atoms with E-state index in [1.54, 1.807) is 0 Å². The highest BCUT2D eigenvalue weighted by molar-refractivity contribution is 5.85. The lowest BCUT2D eigenvalue weighted by Gasteiger charge is -2.38. The molecular formula is C19H21ClN2O2. The first-order valence-electron chi connectivity index (χ1n) is 8.11. The maximum atomic E-state index is 10.9. The zero-order chi connectivity index (χ0) is 15.9. The smallest absolute Gasteiger partial charge is 0.227 e. The van der Waals surface area contributed by atoms with E-state index in [0.29, 0.717) is 5.89 Å². The van der Waals surface area contributed by atoms with Crippen LogP contribution in [0.4, 0.5) is 0 Å². The van der Waals surface area contributed by atoms with E-state index < -0.39 is 5.60 Å². The Balaban J connectivity index is 0.00000169. The maximum Gasteiger partial charge on any atom is 0.227 e. The predicted octanol–water partition coefficient (Wildman–Crippen LogP) is 4.01. The third kappa shape index (κ3) is 2.81. The minimum Gasteiger partial charge on any atom is -0.436 e. The molecule has 24 heavy (non-hydrogen) atoms. The summed E-state index contributed by atoms with van der Waals surface area (Å²) in [6.07, 6.45) is 3.68. The number of rotatable bonds is 2. The molecule has 0 saturated heterocycles. The van der Waals surface area contributed by atoms with Gasteiger partial charge in [0.15, 0.2) is 5.58 Å². The van der Waals surface area contributed by atoms with E-state index in [4.69, 9.17) is 10.2 Å². The van der Waals surface area contributed by atoms with Gasteiger partial charge in [0.05, 0.1) is 0 Å². The molecule has 1 heterocycles. The largest absolute Gasteiger partial charge is 0.436 e. The van der Waals surface area contributed by atoms with Crippen LogP contribution >= 0.6 is 12.4 Å². The van der Waals surface area contributed by atoms with Gasteiger partial charge in [0, 0.05) is 11.6 Å². The standard InChI is InChI=1S/C19H20N2O2.ClH/c20-17-7-3-4-12-19(17,22)14-10-8-13(9-11-14)18-21-15-5-1-2-6-16(15)23-18;/h1-2,5-6,8-11,17,22H,3-4,7,12,20H2;1H. The van der Waals surface area contributed by atoms with Crippen molar-refractivity contribution >= 4 is 23.5 Å². The predicted molar refractivity (Wildman–Crippen MR) is 97.0 cm³/mol. The molecule has 4 nitrogen and oxygen atoms in total. The number of aromatic nitrogens is 1. The lowest BCUT2D eigenvalue weighted by atomic mass is 9.76. The monoisotopic (exact) mass is 344 g/mol. The summed E-state index contributed by atoms with van der Waals surface area (Å²) in [5.74, 6) is 0.595. The Bertz CT molecular complexity index is 798. The molecule has 2 aromatic carbocycles. The molecule has 4 rings (SSSR count). The summed E-state index contributed by atoms with van der Waals surface area (Å²) in [5, 5.41) is 10.9. The number of hydrogen-bond donors (Lipinski definition) is 2. The minimum atomic E-state index is -0.919. The number of aliphatic hydroxyl groups is 1. The molecule has 0 aliphatic heterocycles. The maximum absolute atomic E-state index is 10.9. The molecule has 0 spiro atoms. The van der Waals surface area contributed by atoms with Crippen molar-refractivity contribution in [3.05, 3.63) is 54.1 Å². The normalized spacial score (nSPS) is 23.8. The van der Waals surface area contributed by atoms with Gasteiger partial charge in [-0.25, -0.2) is 4.98 Å². The Morgan fingerprint density at radius 3 is 2.54 bits per heavy atom. The van der Waals surface area contributed by atoms with Crippen LogP contribution in [0.1, 0.15) is 31.2 Å². The summed E-state index contributed by atoms with van der Waals surface area (Å²) in [6, 6.07) is 15.3. The SMILES string of the molecule is Cl.NC1CCCCC1(O)c1ccc(-c2nc3ccccc3o2)cc1. The van der Waals surface area contributed by atoms with Gasteiger partial charge < -0.3 is 15.3 Å². The molecule has 1 fully saturated rings. The van der Waals surface area contributed by atoms with E-state index in [-0.39, 0.29) is 18.4 Å². The Hall–Kier alpha value is -1.88. The number of nitrogens with two attached hydrogens (primary N) is 1. The van der Waals surface area contributed by atoms with Crippen LogP contribution in [0.25, 0.3) is 22.6 Å². The van der Waals surface area contributed by atoms with Crippen molar-refractivity contribution in [1.29, 1.82) is 0 Å². The molecule has 0 amide bonds. The van der Waals surface area contributed by atoms with Crippen LogP contribution in [0.3, 0.4) is 0 Å². The molecule has 0 bridgehead atoms. The van der Waals surface area contributed by atoms with Crippen molar-refractivity contribution in [2.75, 3.05) is 0 Å². The number of para-hydroxylation sites is 2. The first-order valence-corrected chi connectivity index (χ1v) is 8.11. The third-order valence-corrected chi connectivity index (χ3v) is 4.86. The average molecular weight is 345 g/mol. The zero-order valence-electron chi connectivity index (χ0n) is 13.3. The van der Waals surface area contributed by atoms with E-state index in [9.17, 15) is 5.11 Å². The highest BCUT2D eigenvalue weighted by Gasteiger charge is 2.38.